The normalized spacial score (nSPS) is 17.8. The number of aromatic nitrogens is 2. The Balaban J connectivity index is 1.42. The standard InChI is InChI=1S/C29H32F3N5O2/c1-19-4-5-24(36-28(38)20-8-10-34-26(16-20)29(30,31)32)18-25(19)21-15-23(7-6-22-3-2-9-33-22)35-27(17-21)37-11-13-39-14-12-37/h4-5,8,10,15-18,22,33H,2-3,6-7,9,11-14H2,1H3,(H,36,38)/t22-/m0/s1. The number of nitrogens with zero attached hydrogens (tertiary/aromatic N) is 3. The van der Waals surface area contributed by atoms with Gasteiger partial charge in [-0.2, -0.15) is 13.2 Å². The maximum absolute atomic E-state index is 13.1. The van der Waals surface area contributed by atoms with Crippen molar-refractivity contribution in [3.05, 3.63) is 71.2 Å². The molecule has 2 aromatic heterocycles. The topological polar surface area (TPSA) is 79.4 Å². The molecule has 1 amide bonds. The van der Waals surface area contributed by atoms with Gasteiger partial charge >= 0.3 is 6.18 Å². The van der Waals surface area contributed by atoms with Crippen LogP contribution in [0.3, 0.4) is 0 Å². The molecule has 2 aliphatic heterocycles. The average molecular weight is 540 g/mol. The molecule has 0 bridgehead atoms. The Bertz CT molecular complexity index is 1320. The van der Waals surface area contributed by atoms with E-state index >= 15 is 0 Å². The summed E-state index contributed by atoms with van der Waals surface area (Å²) in [5.74, 6) is 0.265. The molecule has 0 spiro atoms. The number of alkyl halides is 3. The molecule has 1 atom stereocenters. The molecular formula is C29H32F3N5O2. The number of pyridine rings is 2. The Hall–Kier alpha value is -3.50. The monoisotopic (exact) mass is 539 g/mol. The minimum atomic E-state index is -4.63. The first kappa shape index (κ1) is 27.1. The van der Waals surface area contributed by atoms with E-state index in [9.17, 15) is 18.0 Å². The first-order valence-electron chi connectivity index (χ1n) is 13.3. The number of benzene rings is 1. The van der Waals surface area contributed by atoms with Crippen LogP contribution in [0.1, 0.15) is 46.6 Å². The SMILES string of the molecule is Cc1ccc(NC(=O)c2ccnc(C(F)(F)F)c2)cc1-c1cc(CC[C@@H]2CCCN2)nc(N2CCOCC2)c1. The zero-order valence-electron chi connectivity index (χ0n) is 21.9. The molecular weight excluding hydrogens is 507 g/mol. The minimum absolute atomic E-state index is 0.110. The lowest BCUT2D eigenvalue weighted by Gasteiger charge is -2.28. The Morgan fingerprint density at radius 1 is 1.15 bits per heavy atom. The number of nitrogens with one attached hydrogen (secondary N) is 2. The van der Waals surface area contributed by atoms with Crippen LogP contribution in [0.25, 0.3) is 11.1 Å². The van der Waals surface area contributed by atoms with Crippen LogP contribution in [0.4, 0.5) is 24.7 Å². The van der Waals surface area contributed by atoms with Crippen LogP contribution in [-0.4, -0.2) is 54.8 Å². The number of aryl methyl sites for hydroxylation is 2. The number of halogens is 3. The zero-order chi connectivity index (χ0) is 27.4. The van der Waals surface area contributed by atoms with Crippen LogP contribution in [0.2, 0.25) is 0 Å². The van der Waals surface area contributed by atoms with Crippen molar-refractivity contribution in [1.29, 1.82) is 0 Å². The third-order valence-corrected chi connectivity index (χ3v) is 7.23. The van der Waals surface area contributed by atoms with Gasteiger partial charge in [0.25, 0.3) is 5.91 Å². The molecule has 0 radical (unpaired) electrons. The lowest BCUT2D eigenvalue weighted by atomic mass is 9.98. The fourth-order valence-corrected chi connectivity index (χ4v) is 5.08. The van der Waals surface area contributed by atoms with Gasteiger partial charge in [0.2, 0.25) is 0 Å². The number of carbonyl (C=O) groups is 1. The van der Waals surface area contributed by atoms with E-state index in [-0.39, 0.29) is 5.56 Å². The summed E-state index contributed by atoms with van der Waals surface area (Å²) in [6.45, 7) is 5.89. The molecule has 2 N–H and O–H groups in total. The molecule has 2 aliphatic rings. The van der Waals surface area contributed by atoms with Gasteiger partial charge in [-0.25, -0.2) is 4.98 Å². The highest BCUT2D eigenvalue weighted by atomic mass is 19.4. The van der Waals surface area contributed by atoms with Crippen molar-refractivity contribution in [2.24, 2.45) is 0 Å². The van der Waals surface area contributed by atoms with Gasteiger partial charge in [-0.15, -0.1) is 0 Å². The number of anilines is 2. The number of amides is 1. The highest BCUT2D eigenvalue weighted by Crippen LogP contribution is 2.32. The number of rotatable bonds is 7. The summed E-state index contributed by atoms with van der Waals surface area (Å²) in [5, 5.41) is 6.29. The van der Waals surface area contributed by atoms with Crippen molar-refractivity contribution in [2.45, 2.75) is 44.8 Å². The van der Waals surface area contributed by atoms with E-state index in [1.54, 1.807) is 6.07 Å². The van der Waals surface area contributed by atoms with E-state index in [4.69, 9.17) is 9.72 Å². The van der Waals surface area contributed by atoms with E-state index in [1.807, 2.05) is 19.1 Å². The van der Waals surface area contributed by atoms with Crippen molar-refractivity contribution in [1.82, 2.24) is 15.3 Å². The number of morpholine rings is 1. The van der Waals surface area contributed by atoms with Gasteiger partial charge in [0.15, 0.2) is 0 Å². The third kappa shape index (κ3) is 6.75. The first-order chi connectivity index (χ1) is 18.8. The molecule has 4 heterocycles. The lowest BCUT2D eigenvalue weighted by molar-refractivity contribution is -0.141. The zero-order valence-corrected chi connectivity index (χ0v) is 21.9. The Kier molecular flexibility index (Phi) is 8.13. The van der Waals surface area contributed by atoms with Crippen LogP contribution < -0.4 is 15.5 Å². The summed E-state index contributed by atoms with van der Waals surface area (Å²) in [7, 11) is 0. The van der Waals surface area contributed by atoms with Crippen LogP contribution >= 0.6 is 0 Å². The molecule has 1 aromatic carbocycles. The summed E-state index contributed by atoms with van der Waals surface area (Å²) in [6, 6.07) is 12.2. The van der Waals surface area contributed by atoms with E-state index < -0.39 is 17.8 Å². The Labute approximate surface area is 225 Å². The van der Waals surface area contributed by atoms with Gasteiger partial charge in [0, 0.05) is 42.3 Å². The summed E-state index contributed by atoms with van der Waals surface area (Å²) in [5.41, 5.74) is 3.21. The summed E-state index contributed by atoms with van der Waals surface area (Å²) in [6.07, 6.45) is 0.607. The summed E-state index contributed by atoms with van der Waals surface area (Å²) in [4.78, 5) is 23.4. The van der Waals surface area contributed by atoms with Crippen LogP contribution in [0.15, 0.2) is 48.7 Å². The van der Waals surface area contributed by atoms with Crippen molar-refractivity contribution in [2.75, 3.05) is 43.1 Å². The molecule has 0 aliphatic carbocycles. The van der Waals surface area contributed by atoms with E-state index in [2.05, 4.69) is 32.7 Å². The highest BCUT2D eigenvalue weighted by molar-refractivity contribution is 6.04. The molecule has 206 valence electrons. The van der Waals surface area contributed by atoms with Crippen molar-refractivity contribution >= 4 is 17.4 Å². The molecule has 5 rings (SSSR count). The molecule has 3 aromatic rings. The molecule has 2 saturated heterocycles. The largest absolute Gasteiger partial charge is 0.433 e. The van der Waals surface area contributed by atoms with Gasteiger partial charge in [-0.05, 0) is 92.2 Å². The molecule has 0 saturated carbocycles. The average Bonchev–Trinajstić information content (AvgIpc) is 3.47. The van der Waals surface area contributed by atoms with Crippen molar-refractivity contribution < 1.29 is 22.7 Å². The minimum Gasteiger partial charge on any atom is -0.378 e. The first-order valence-corrected chi connectivity index (χ1v) is 13.3. The van der Waals surface area contributed by atoms with E-state index in [1.165, 1.54) is 18.9 Å². The third-order valence-electron chi connectivity index (χ3n) is 7.23. The quantitative estimate of drug-likeness (QED) is 0.427. The van der Waals surface area contributed by atoms with Crippen molar-refractivity contribution in [3.8, 4) is 11.1 Å². The highest BCUT2D eigenvalue weighted by Gasteiger charge is 2.33. The van der Waals surface area contributed by atoms with Gasteiger partial charge in [0.05, 0.1) is 13.2 Å². The molecule has 7 nitrogen and oxygen atoms in total. The predicted octanol–water partition coefficient (Wildman–Crippen LogP) is 5.24. The van der Waals surface area contributed by atoms with Crippen LogP contribution in [0.5, 0.6) is 0 Å². The second kappa shape index (κ2) is 11.7. The lowest BCUT2D eigenvalue weighted by Crippen LogP contribution is -2.36. The molecule has 39 heavy (non-hydrogen) atoms. The second-order valence-electron chi connectivity index (χ2n) is 10.0. The smallest absolute Gasteiger partial charge is 0.378 e. The number of hydrogen-bond acceptors (Lipinski definition) is 6. The fourth-order valence-electron chi connectivity index (χ4n) is 5.08. The number of carbonyl (C=O) groups excluding carboxylic acids is 1. The fraction of sp³-hybridized carbons (Fsp3) is 0.414. The van der Waals surface area contributed by atoms with E-state index in [0.717, 1.165) is 72.9 Å². The molecule has 2 fully saturated rings. The van der Waals surface area contributed by atoms with Crippen LogP contribution in [-0.2, 0) is 17.3 Å². The maximum Gasteiger partial charge on any atom is 0.433 e. The summed E-state index contributed by atoms with van der Waals surface area (Å²) >= 11 is 0. The van der Waals surface area contributed by atoms with Crippen molar-refractivity contribution in [3.63, 3.8) is 0 Å². The summed E-state index contributed by atoms with van der Waals surface area (Å²) < 4.78 is 44.7. The molecule has 10 heteroatoms. The maximum atomic E-state index is 13.1. The van der Waals surface area contributed by atoms with Gasteiger partial charge in [0.1, 0.15) is 11.5 Å². The Morgan fingerprint density at radius 3 is 2.72 bits per heavy atom. The Morgan fingerprint density at radius 2 is 1.97 bits per heavy atom. The van der Waals surface area contributed by atoms with Gasteiger partial charge < -0.3 is 20.3 Å². The predicted molar refractivity (Wildman–Crippen MR) is 144 cm³/mol. The number of hydrogen-bond donors (Lipinski definition) is 2. The van der Waals surface area contributed by atoms with E-state index in [0.29, 0.717) is 24.9 Å². The van der Waals surface area contributed by atoms with Crippen LogP contribution in [0, 0.1) is 6.92 Å². The van der Waals surface area contributed by atoms with Gasteiger partial charge in [-0.3, -0.25) is 9.78 Å². The second-order valence-corrected chi connectivity index (χ2v) is 10.0. The van der Waals surface area contributed by atoms with Gasteiger partial charge in [-0.1, -0.05) is 6.07 Å². The number of ether oxygens (including phenoxy) is 1. The molecule has 0 unspecified atom stereocenters.